The van der Waals surface area contributed by atoms with Gasteiger partial charge in [-0.25, -0.2) is 9.97 Å². The Kier molecular flexibility index (Phi) is 3.07. The largest absolute Gasteiger partial charge is 0.362 e. The summed E-state index contributed by atoms with van der Waals surface area (Å²) in [4.78, 5) is 12.8. The average Bonchev–Trinajstić information content (AvgIpc) is 3.21. The standard InChI is InChI=1S/C14H13BrN6/c15-10-3-9(4-16-5-10)12(8-1-2-8)20-13-11-6-19-21-14(11)18-7-17-13/h3-8,12H,1-2H2,(H2,17,18,19,20,21). The van der Waals surface area contributed by atoms with Gasteiger partial charge in [0, 0.05) is 16.9 Å². The quantitative estimate of drug-likeness (QED) is 0.760. The molecule has 1 aliphatic carbocycles. The van der Waals surface area contributed by atoms with Crippen molar-refractivity contribution in [3.63, 3.8) is 0 Å². The summed E-state index contributed by atoms with van der Waals surface area (Å²) in [5, 5.41) is 11.3. The van der Waals surface area contributed by atoms with Crippen molar-refractivity contribution in [3.8, 4) is 0 Å². The van der Waals surface area contributed by atoms with E-state index in [-0.39, 0.29) is 6.04 Å². The number of hydrogen-bond donors (Lipinski definition) is 2. The van der Waals surface area contributed by atoms with Crippen molar-refractivity contribution in [2.75, 3.05) is 5.32 Å². The van der Waals surface area contributed by atoms with Crippen molar-refractivity contribution in [2.24, 2.45) is 5.92 Å². The van der Waals surface area contributed by atoms with Crippen LogP contribution in [0.1, 0.15) is 24.4 Å². The van der Waals surface area contributed by atoms with Crippen molar-refractivity contribution in [3.05, 3.63) is 41.0 Å². The first-order valence-electron chi connectivity index (χ1n) is 6.82. The summed E-state index contributed by atoms with van der Waals surface area (Å²) >= 11 is 3.49. The van der Waals surface area contributed by atoms with Crippen LogP contribution in [0.15, 0.2) is 35.5 Å². The van der Waals surface area contributed by atoms with Crippen molar-refractivity contribution in [2.45, 2.75) is 18.9 Å². The minimum absolute atomic E-state index is 0.211. The lowest BCUT2D eigenvalue weighted by Crippen LogP contribution is -2.14. The number of aromatic nitrogens is 5. The molecule has 2 N–H and O–H groups in total. The molecule has 3 aromatic heterocycles. The summed E-state index contributed by atoms with van der Waals surface area (Å²) in [6, 6.07) is 2.32. The molecule has 0 radical (unpaired) electrons. The number of nitrogens with zero attached hydrogens (tertiary/aromatic N) is 4. The first-order valence-corrected chi connectivity index (χ1v) is 7.61. The molecule has 3 aromatic rings. The van der Waals surface area contributed by atoms with Gasteiger partial charge in [0.2, 0.25) is 0 Å². The molecule has 1 saturated carbocycles. The van der Waals surface area contributed by atoms with Crippen molar-refractivity contribution in [1.82, 2.24) is 25.1 Å². The molecule has 0 spiro atoms. The van der Waals surface area contributed by atoms with Crippen LogP contribution in [0.25, 0.3) is 11.0 Å². The Morgan fingerprint density at radius 2 is 2.14 bits per heavy atom. The summed E-state index contributed by atoms with van der Waals surface area (Å²) in [7, 11) is 0. The topological polar surface area (TPSA) is 79.4 Å². The van der Waals surface area contributed by atoms with E-state index in [0.717, 1.165) is 21.3 Å². The van der Waals surface area contributed by atoms with Crippen LogP contribution < -0.4 is 5.32 Å². The summed E-state index contributed by atoms with van der Waals surface area (Å²) < 4.78 is 0.989. The maximum atomic E-state index is 4.36. The van der Waals surface area contributed by atoms with E-state index in [4.69, 9.17) is 0 Å². The Labute approximate surface area is 129 Å². The van der Waals surface area contributed by atoms with Crippen molar-refractivity contribution >= 4 is 32.8 Å². The molecule has 1 atom stereocenters. The van der Waals surface area contributed by atoms with E-state index in [2.05, 4.69) is 52.5 Å². The lowest BCUT2D eigenvalue weighted by molar-refractivity contribution is 0.673. The molecular formula is C14H13BrN6. The summed E-state index contributed by atoms with van der Waals surface area (Å²) in [5.41, 5.74) is 1.91. The molecule has 7 heteroatoms. The Hall–Kier alpha value is -2.02. The molecule has 0 amide bonds. The molecule has 0 aromatic carbocycles. The summed E-state index contributed by atoms with van der Waals surface area (Å²) in [6.07, 6.45) is 9.46. The third kappa shape index (κ3) is 2.49. The number of fused-ring (bicyclic) bond motifs is 1. The molecule has 4 rings (SSSR count). The highest BCUT2D eigenvalue weighted by Crippen LogP contribution is 2.43. The first-order chi connectivity index (χ1) is 10.3. The van der Waals surface area contributed by atoms with Crippen LogP contribution in [0.5, 0.6) is 0 Å². The van der Waals surface area contributed by atoms with Crippen LogP contribution >= 0.6 is 15.9 Å². The minimum Gasteiger partial charge on any atom is -0.362 e. The van der Waals surface area contributed by atoms with Gasteiger partial charge in [-0.3, -0.25) is 10.1 Å². The van der Waals surface area contributed by atoms with Crippen LogP contribution in [0, 0.1) is 5.92 Å². The zero-order valence-corrected chi connectivity index (χ0v) is 12.7. The van der Waals surface area contributed by atoms with Crippen LogP contribution in [0.4, 0.5) is 5.82 Å². The lowest BCUT2D eigenvalue weighted by Gasteiger charge is -2.19. The molecule has 6 nitrogen and oxygen atoms in total. The normalized spacial score (nSPS) is 16.0. The van der Waals surface area contributed by atoms with Gasteiger partial charge in [-0.05, 0) is 46.3 Å². The highest BCUT2D eigenvalue weighted by molar-refractivity contribution is 9.10. The minimum atomic E-state index is 0.211. The molecule has 3 heterocycles. The third-order valence-corrected chi connectivity index (χ3v) is 4.15. The van der Waals surface area contributed by atoms with Gasteiger partial charge < -0.3 is 5.32 Å². The number of aromatic amines is 1. The van der Waals surface area contributed by atoms with Gasteiger partial charge in [0.1, 0.15) is 12.1 Å². The van der Waals surface area contributed by atoms with Gasteiger partial charge >= 0.3 is 0 Å². The number of hydrogen-bond acceptors (Lipinski definition) is 5. The second-order valence-electron chi connectivity index (χ2n) is 5.25. The Bertz CT molecular complexity index is 782. The Balaban J connectivity index is 1.71. The fraction of sp³-hybridized carbons (Fsp3) is 0.286. The predicted octanol–water partition coefficient (Wildman–Crippen LogP) is 3.07. The lowest BCUT2D eigenvalue weighted by atomic mass is 10.0. The fourth-order valence-corrected chi connectivity index (χ4v) is 2.91. The van der Waals surface area contributed by atoms with Gasteiger partial charge in [0.15, 0.2) is 5.65 Å². The summed E-state index contributed by atoms with van der Waals surface area (Å²) in [6.45, 7) is 0. The third-order valence-electron chi connectivity index (χ3n) is 3.72. The Morgan fingerprint density at radius 3 is 2.95 bits per heavy atom. The summed E-state index contributed by atoms with van der Waals surface area (Å²) in [5.74, 6) is 1.43. The second-order valence-corrected chi connectivity index (χ2v) is 6.17. The van der Waals surface area contributed by atoms with Crippen LogP contribution in [0.2, 0.25) is 0 Å². The zero-order valence-electron chi connectivity index (χ0n) is 11.1. The number of H-pyrrole nitrogens is 1. The van der Waals surface area contributed by atoms with E-state index in [9.17, 15) is 0 Å². The first kappa shape index (κ1) is 12.7. The van der Waals surface area contributed by atoms with E-state index < -0.39 is 0 Å². The molecule has 1 fully saturated rings. The maximum absolute atomic E-state index is 4.36. The number of halogens is 1. The van der Waals surface area contributed by atoms with Gasteiger partial charge in [-0.2, -0.15) is 5.10 Å². The molecule has 1 unspecified atom stereocenters. The number of nitrogens with one attached hydrogen (secondary N) is 2. The fourth-order valence-electron chi connectivity index (χ4n) is 2.53. The molecule has 1 aliphatic rings. The van der Waals surface area contributed by atoms with Crippen LogP contribution in [0.3, 0.4) is 0 Å². The number of pyridine rings is 1. The maximum Gasteiger partial charge on any atom is 0.160 e. The molecule has 106 valence electrons. The van der Waals surface area contributed by atoms with Gasteiger partial charge in [0.05, 0.1) is 17.6 Å². The molecule has 21 heavy (non-hydrogen) atoms. The molecule has 0 aliphatic heterocycles. The molecule has 0 bridgehead atoms. The predicted molar refractivity (Wildman–Crippen MR) is 82.7 cm³/mol. The van der Waals surface area contributed by atoms with E-state index in [1.165, 1.54) is 18.4 Å². The smallest absolute Gasteiger partial charge is 0.160 e. The van der Waals surface area contributed by atoms with Gasteiger partial charge in [0.25, 0.3) is 0 Å². The van der Waals surface area contributed by atoms with Gasteiger partial charge in [-0.1, -0.05) is 0 Å². The van der Waals surface area contributed by atoms with E-state index in [1.54, 1.807) is 18.7 Å². The SMILES string of the molecule is Brc1cncc(C(Nc2ncnc3[nH]ncc23)C2CC2)c1. The Morgan fingerprint density at radius 1 is 1.24 bits per heavy atom. The van der Waals surface area contributed by atoms with Crippen LogP contribution in [-0.2, 0) is 0 Å². The monoisotopic (exact) mass is 344 g/mol. The number of rotatable bonds is 4. The zero-order chi connectivity index (χ0) is 14.2. The molecule has 0 saturated heterocycles. The second kappa shape index (κ2) is 5.07. The van der Waals surface area contributed by atoms with Crippen molar-refractivity contribution in [1.29, 1.82) is 0 Å². The average molecular weight is 345 g/mol. The van der Waals surface area contributed by atoms with E-state index in [0.29, 0.717) is 5.92 Å². The molecular weight excluding hydrogens is 332 g/mol. The van der Waals surface area contributed by atoms with E-state index in [1.807, 2.05) is 6.20 Å². The van der Waals surface area contributed by atoms with E-state index >= 15 is 0 Å². The van der Waals surface area contributed by atoms with Crippen molar-refractivity contribution < 1.29 is 0 Å². The highest BCUT2D eigenvalue weighted by atomic mass is 79.9. The number of anilines is 1. The van der Waals surface area contributed by atoms with Crippen LogP contribution in [-0.4, -0.2) is 25.1 Å². The highest BCUT2D eigenvalue weighted by Gasteiger charge is 2.33. The van der Waals surface area contributed by atoms with Gasteiger partial charge in [-0.15, -0.1) is 0 Å².